The standard InChI is InChI=1S/C67H120O6/c1-4-7-10-13-16-18-20-22-24-26-28-30-31-32-33-34-35-37-38-40-42-44-46-48-51-54-57-60-66(69)72-63-64(62-71-65(68)59-56-53-50-15-12-9-6-3)73-67(70)61-58-55-52-49-47-45-43-41-39-36-29-27-25-23-21-19-17-14-11-8-5-2/h7,10,16,18,22,24,28,30,32-33,64H,4-6,8-9,11-15,17,19-21,23,25-27,29,31,34-63H2,1-3H3/b10-7-,18-16-,24-22-,30-28-,33-32-. The van der Waals surface area contributed by atoms with E-state index in [0.29, 0.717) is 19.3 Å². The van der Waals surface area contributed by atoms with Crippen molar-refractivity contribution in [1.82, 2.24) is 0 Å². The Morgan fingerprint density at radius 1 is 0.288 bits per heavy atom. The van der Waals surface area contributed by atoms with E-state index in [0.717, 1.165) is 89.9 Å². The van der Waals surface area contributed by atoms with Gasteiger partial charge in [0.1, 0.15) is 13.2 Å². The highest BCUT2D eigenvalue weighted by atomic mass is 16.6. The van der Waals surface area contributed by atoms with Crippen molar-refractivity contribution in [2.24, 2.45) is 0 Å². The van der Waals surface area contributed by atoms with Gasteiger partial charge in [0.25, 0.3) is 0 Å². The molecule has 0 saturated carbocycles. The maximum Gasteiger partial charge on any atom is 0.306 e. The lowest BCUT2D eigenvalue weighted by Crippen LogP contribution is -2.30. The Morgan fingerprint density at radius 3 is 0.836 bits per heavy atom. The molecule has 0 spiro atoms. The van der Waals surface area contributed by atoms with Crippen LogP contribution in [-0.4, -0.2) is 37.2 Å². The van der Waals surface area contributed by atoms with Gasteiger partial charge in [0.15, 0.2) is 6.10 Å². The third-order valence-corrected chi connectivity index (χ3v) is 14.0. The van der Waals surface area contributed by atoms with Crippen LogP contribution >= 0.6 is 0 Å². The van der Waals surface area contributed by atoms with Crippen LogP contribution in [0.15, 0.2) is 60.8 Å². The van der Waals surface area contributed by atoms with E-state index in [1.807, 2.05) is 0 Å². The Kier molecular flexibility index (Phi) is 59.2. The summed E-state index contributed by atoms with van der Waals surface area (Å²) < 4.78 is 16.8. The van der Waals surface area contributed by atoms with Crippen molar-refractivity contribution in [3.8, 4) is 0 Å². The van der Waals surface area contributed by atoms with E-state index in [-0.39, 0.29) is 31.1 Å². The molecule has 0 rings (SSSR count). The van der Waals surface area contributed by atoms with Crippen LogP contribution in [0.2, 0.25) is 0 Å². The predicted octanol–water partition coefficient (Wildman–Crippen LogP) is 21.6. The van der Waals surface area contributed by atoms with Crippen LogP contribution in [0.4, 0.5) is 0 Å². The van der Waals surface area contributed by atoms with Gasteiger partial charge in [-0.2, -0.15) is 0 Å². The molecule has 0 N–H and O–H groups in total. The van der Waals surface area contributed by atoms with Crippen molar-refractivity contribution in [1.29, 1.82) is 0 Å². The minimum atomic E-state index is -0.770. The van der Waals surface area contributed by atoms with Gasteiger partial charge >= 0.3 is 17.9 Å². The molecule has 0 aromatic carbocycles. The summed E-state index contributed by atoms with van der Waals surface area (Å²) in [5, 5.41) is 0. The van der Waals surface area contributed by atoms with E-state index >= 15 is 0 Å². The molecule has 0 bridgehead atoms. The van der Waals surface area contributed by atoms with E-state index in [1.54, 1.807) is 0 Å². The Morgan fingerprint density at radius 2 is 0.534 bits per heavy atom. The molecule has 1 atom stereocenters. The van der Waals surface area contributed by atoms with Crippen LogP contribution in [0.3, 0.4) is 0 Å². The van der Waals surface area contributed by atoms with Crippen molar-refractivity contribution < 1.29 is 28.6 Å². The van der Waals surface area contributed by atoms with Gasteiger partial charge in [-0.25, -0.2) is 0 Å². The van der Waals surface area contributed by atoms with E-state index in [4.69, 9.17) is 14.2 Å². The molecule has 0 saturated heterocycles. The Hall–Kier alpha value is -2.89. The number of allylic oxidation sites excluding steroid dienone is 10. The summed E-state index contributed by atoms with van der Waals surface area (Å²) in [5.74, 6) is -0.862. The van der Waals surface area contributed by atoms with E-state index in [9.17, 15) is 14.4 Å². The quantitative estimate of drug-likeness (QED) is 0.0261. The maximum absolute atomic E-state index is 12.9. The van der Waals surface area contributed by atoms with Crippen molar-refractivity contribution in [3.63, 3.8) is 0 Å². The number of ether oxygens (including phenoxy) is 3. The molecule has 6 heteroatoms. The van der Waals surface area contributed by atoms with E-state index in [2.05, 4.69) is 81.5 Å². The number of unbranched alkanes of at least 4 members (excludes halogenated alkanes) is 37. The molecule has 0 aromatic heterocycles. The molecule has 6 nitrogen and oxygen atoms in total. The fraction of sp³-hybridized carbons (Fsp3) is 0.806. The summed E-state index contributed by atoms with van der Waals surface area (Å²) in [6.07, 6.45) is 78.3. The van der Waals surface area contributed by atoms with E-state index < -0.39 is 6.10 Å². The van der Waals surface area contributed by atoms with E-state index in [1.165, 1.54) is 199 Å². The summed E-state index contributed by atoms with van der Waals surface area (Å²) in [6, 6.07) is 0. The number of esters is 3. The van der Waals surface area contributed by atoms with Gasteiger partial charge in [-0.1, -0.05) is 306 Å². The summed E-state index contributed by atoms with van der Waals surface area (Å²) in [5.41, 5.74) is 0. The maximum atomic E-state index is 12.9. The van der Waals surface area contributed by atoms with Crippen molar-refractivity contribution >= 4 is 17.9 Å². The van der Waals surface area contributed by atoms with Gasteiger partial charge < -0.3 is 14.2 Å². The lowest BCUT2D eigenvalue weighted by Gasteiger charge is -2.18. The number of carbonyl (C=O) groups excluding carboxylic acids is 3. The van der Waals surface area contributed by atoms with Gasteiger partial charge in [0.2, 0.25) is 0 Å². The zero-order valence-electron chi connectivity index (χ0n) is 48.7. The molecule has 0 fully saturated rings. The highest BCUT2D eigenvalue weighted by Gasteiger charge is 2.19. The molecule has 0 aliphatic carbocycles. The molecule has 0 aromatic rings. The average molecular weight is 1020 g/mol. The zero-order valence-corrected chi connectivity index (χ0v) is 48.7. The van der Waals surface area contributed by atoms with Crippen LogP contribution < -0.4 is 0 Å². The minimum absolute atomic E-state index is 0.0707. The molecule has 424 valence electrons. The van der Waals surface area contributed by atoms with Gasteiger partial charge in [0, 0.05) is 19.3 Å². The van der Waals surface area contributed by atoms with Crippen LogP contribution in [-0.2, 0) is 28.6 Å². The van der Waals surface area contributed by atoms with Gasteiger partial charge in [-0.05, 0) is 64.2 Å². The molecular formula is C67H120O6. The van der Waals surface area contributed by atoms with Crippen LogP contribution in [0.5, 0.6) is 0 Å². The second-order valence-electron chi connectivity index (χ2n) is 21.3. The Labute approximate surface area is 453 Å². The average Bonchev–Trinajstić information content (AvgIpc) is 3.39. The first-order chi connectivity index (χ1) is 36.0. The number of hydrogen-bond acceptors (Lipinski definition) is 6. The first-order valence-electron chi connectivity index (χ1n) is 31.8. The second kappa shape index (κ2) is 61.7. The second-order valence-corrected chi connectivity index (χ2v) is 21.3. The number of hydrogen-bond donors (Lipinski definition) is 0. The highest BCUT2D eigenvalue weighted by Crippen LogP contribution is 2.17. The minimum Gasteiger partial charge on any atom is -0.462 e. The number of rotatable bonds is 58. The molecule has 0 aliphatic rings. The molecular weight excluding hydrogens is 901 g/mol. The van der Waals surface area contributed by atoms with Crippen LogP contribution in [0, 0.1) is 0 Å². The fourth-order valence-corrected chi connectivity index (χ4v) is 9.30. The third kappa shape index (κ3) is 59.9. The topological polar surface area (TPSA) is 78.9 Å². The normalized spacial score (nSPS) is 12.4. The first kappa shape index (κ1) is 70.1. The largest absolute Gasteiger partial charge is 0.462 e. The van der Waals surface area contributed by atoms with Gasteiger partial charge in [-0.15, -0.1) is 0 Å². The lowest BCUT2D eigenvalue weighted by atomic mass is 10.0. The highest BCUT2D eigenvalue weighted by molar-refractivity contribution is 5.71. The lowest BCUT2D eigenvalue weighted by molar-refractivity contribution is -0.167. The summed E-state index contributed by atoms with van der Waals surface area (Å²) in [7, 11) is 0. The van der Waals surface area contributed by atoms with Crippen molar-refractivity contribution in [2.45, 2.75) is 335 Å². The Bertz CT molecular complexity index is 1310. The fourth-order valence-electron chi connectivity index (χ4n) is 9.30. The summed E-state index contributed by atoms with van der Waals surface area (Å²) in [6.45, 7) is 6.53. The van der Waals surface area contributed by atoms with Crippen molar-refractivity contribution in [2.75, 3.05) is 13.2 Å². The zero-order chi connectivity index (χ0) is 52.9. The SMILES string of the molecule is CC/C=C\C/C=C\C/C=C\C/C=C\C/C=C\CCCCCCCCCCCCCC(=O)OCC(COC(=O)CCCCCCCCC)OC(=O)CCCCCCCCCCCCCCCCCCCCCCC. The first-order valence-corrected chi connectivity index (χ1v) is 31.8. The third-order valence-electron chi connectivity index (χ3n) is 14.0. The van der Waals surface area contributed by atoms with Crippen LogP contribution in [0.25, 0.3) is 0 Å². The number of carbonyl (C=O) groups is 3. The molecule has 0 heterocycles. The van der Waals surface area contributed by atoms with Gasteiger partial charge in [0.05, 0.1) is 0 Å². The summed E-state index contributed by atoms with van der Waals surface area (Å²) in [4.78, 5) is 38.1. The predicted molar refractivity (Wildman–Crippen MR) is 316 cm³/mol. The molecule has 0 radical (unpaired) electrons. The molecule has 73 heavy (non-hydrogen) atoms. The van der Waals surface area contributed by atoms with Crippen molar-refractivity contribution in [3.05, 3.63) is 60.8 Å². The monoisotopic (exact) mass is 1020 g/mol. The van der Waals surface area contributed by atoms with Crippen LogP contribution in [0.1, 0.15) is 329 Å². The smallest absolute Gasteiger partial charge is 0.306 e. The van der Waals surface area contributed by atoms with Gasteiger partial charge in [-0.3, -0.25) is 14.4 Å². The summed E-state index contributed by atoms with van der Waals surface area (Å²) >= 11 is 0. The Balaban J connectivity index is 4.11. The molecule has 1 unspecified atom stereocenters. The molecule has 0 aliphatic heterocycles. The molecule has 0 amide bonds.